The molecule has 2 aromatic carbocycles. The van der Waals surface area contributed by atoms with E-state index in [4.69, 9.17) is 27.9 Å². The summed E-state index contributed by atoms with van der Waals surface area (Å²) < 4.78 is 5.55. The van der Waals surface area contributed by atoms with Gasteiger partial charge in [0.05, 0.1) is 6.61 Å². The molecule has 0 saturated carbocycles. The zero-order valence-electron chi connectivity index (χ0n) is 13.4. The predicted molar refractivity (Wildman–Crippen MR) is 99.0 cm³/mol. The Kier molecular flexibility index (Phi) is 7.93. The van der Waals surface area contributed by atoms with Gasteiger partial charge >= 0.3 is 0 Å². The van der Waals surface area contributed by atoms with E-state index in [2.05, 4.69) is 5.32 Å². The van der Waals surface area contributed by atoms with Crippen LogP contribution in [0.25, 0.3) is 0 Å². The summed E-state index contributed by atoms with van der Waals surface area (Å²) in [6.45, 7) is 1.16. The zero-order chi connectivity index (χ0) is 17.2. The first-order valence-electron chi connectivity index (χ1n) is 8.03. The Morgan fingerprint density at radius 2 is 1.75 bits per heavy atom. The Hall–Kier alpha value is -1.71. The Labute approximate surface area is 152 Å². The van der Waals surface area contributed by atoms with Crippen LogP contribution in [0.4, 0.5) is 0 Å². The quantitative estimate of drug-likeness (QED) is 0.641. The van der Waals surface area contributed by atoms with Crippen LogP contribution >= 0.6 is 23.2 Å². The number of carbonyl (C=O) groups is 1. The first kappa shape index (κ1) is 18.6. The standard InChI is InChI=1S/C19H21Cl2NO2/c20-16-9-11-17(12-10-16)24-14-4-8-19(23)22-13-3-6-15-5-1-2-7-18(15)21/h1-2,5,7,9-12H,3-4,6,8,13-14H2,(H,22,23). The SMILES string of the molecule is O=C(CCCOc1ccc(Cl)cc1)NCCCc1ccccc1Cl. The van der Waals surface area contributed by atoms with Gasteiger partial charge in [0, 0.05) is 23.0 Å². The van der Waals surface area contributed by atoms with Crippen molar-refractivity contribution in [3.05, 3.63) is 64.1 Å². The summed E-state index contributed by atoms with van der Waals surface area (Å²) in [4.78, 5) is 11.8. The summed E-state index contributed by atoms with van der Waals surface area (Å²) in [6, 6.07) is 15.0. The molecule has 0 aliphatic rings. The highest BCUT2D eigenvalue weighted by Crippen LogP contribution is 2.16. The monoisotopic (exact) mass is 365 g/mol. The molecule has 2 aromatic rings. The lowest BCUT2D eigenvalue weighted by Crippen LogP contribution is -2.24. The van der Waals surface area contributed by atoms with E-state index in [1.54, 1.807) is 12.1 Å². The summed E-state index contributed by atoms with van der Waals surface area (Å²) in [5, 5.41) is 4.38. The van der Waals surface area contributed by atoms with E-state index in [1.807, 2.05) is 36.4 Å². The predicted octanol–water partition coefficient (Wildman–Crippen LogP) is 4.90. The van der Waals surface area contributed by atoms with Crippen molar-refractivity contribution in [1.82, 2.24) is 5.32 Å². The zero-order valence-corrected chi connectivity index (χ0v) is 14.9. The minimum atomic E-state index is 0.0499. The van der Waals surface area contributed by atoms with Crippen LogP contribution < -0.4 is 10.1 Å². The molecule has 5 heteroatoms. The number of rotatable bonds is 9. The van der Waals surface area contributed by atoms with E-state index in [0.29, 0.717) is 31.0 Å². The van der Waals surface area contributed by atoms with E-state index in [9.17, 15) is 4.79 Å². The van der Waals surface area contributed by atoms with Gasteiger partial charge in [0.25, 0.3) is 0 Å². The van der Waals surface area contributed by atoms with Gasteiger partial charge in [0.15, 0.2) is 0 Å². The Morgan fingerprint density at radius 3 is 2.50 bits per heavy atom. The fraction of sp³-hybridized carbons (Fsp3) is 0.316. The van der Waals surface area contributed by atoms with E-state index < -0.39 is 0 Å². The lowest BCUT2D eigenvalue weighted by Gasteiger charge is -2.08. The fourth-order valence-electron chi connectivity index (χ4n) is 2.25. The maximum Gasteiger partial charge on any atom is 0.220 e. The van der Waals surface area contributed by atoms with Gasteiger partial charge in [-0.2, -0.15) is 0 Å². The second-order valence-electron chi connectivity index (χ2n) is 5.45. The van der Waals surface area contributed by atoms with Crippen molar-refractivity contribution in [2.45, 2.75) is 25.7 Å². The molecular formula is C19H21Cl2NO2. The van der Waals surface area contributed by atoms with Crippen molar-refractivity contribution < 1.29 is 9.53 Å². The maximum atomic E-state index is 11.8. The van der Waals surface area contributed by atoms with Crippen molar-refractivity contribution in [2.24, 2.45) is 0 Å². The topological polar surface area (TPSA) is 38.3 Å². The highest BCUT2D eigenvalue weighted by Gasteiger charge is 2.03. The molecule has 0 spiro atoms. The third-order valence-electron chi connectivity index (χ3n) is 3.53. The molecule has 3 nitrogen and oxygen atoms in total. The van der Waals surface area contributed by atoms with Gasteiger partial charge in [-0.1, -0.05) is 41.4 Å². The number of nitrogens with one attached hydrogen (secondary N) is 1. The van der Waals surface area contributed by atoms with Gasteiger partial charge in [-0.3, -0.25) is 4.79 Å². The van der Waals surface area contributed by atoms with Gasteiger partial charge in [-0.15, -0.1) is 0 Å². The van der Waals surface area contributed by atoms with E-state index in [0.717, 1.165) is 29.2 Å². The first-order chi connectivity index (χ1) is 11.6. The molecule has 0 aromatic heterocycles. The Morgan fingerprint density at radius 1 is 1.00 bits per heavy atom. The smallest absolute Gasteiger partial charge is 0.220 e. The number of amides is 1. The number of ether oxygens (including phenoxy) is 1. The van der Waals surface area contributed by atoms with E-state index in [1.165, 1.54) is 0 Å². The molecule has 0 fully saturated rings. The van der Waals surface area contributed by atoms with Crippen molar-refractivity contribution in [2.75, 3.05) is 13.2 Å². The van der Waals surface area contributed by atoms with Gasteiger partial charge in [-0.05, 0) is 55.2 Å². The number of benzene rings is 2. The molecule has 0 aliphatic heterocycles. The molecule has 0 bridgehead atoms. The minimum Gasteiger partial charge on any atom is -0.494 e. The van der Waals surface area contributed by atoms with Crippen molar-refractivity contribution in [1.29, 1.82) is 0 Å². The number of carbonyl (C=O) groups excluding carboxylic acids is 1. The van der Waals surface area contributed by atoms with Crippen molar-refractivity contribution in [3.8, 4) is 5.75 Å². The van der Waals surface area contributed by atoms with Crippen LogP contribution in [-0.4, -0.2) is 19.1 Å². The normalized spacial score (nSPS) is 10.4. The highest BCUT2D eigenvalue weighted by molar-refractivity contribution is 6.31. The number of hydrogen-bond acceptors (Lipinski definition) is 2. The fourth-order valence-corrected chi connectivity index (χ4v) is 2.61. The molecule has 0 aliphatic carbocycles. The van der Waals surface area contributed by atoms with Crippen LogP contribution in [0.2, 0.25) is 10.0 Å². The van der Waals surface area contributed by atoms with Crippen LogP contribution in [0, 0.1) is 0 Å². The largest absolute Gasteiger partial charge is 0.494 e. The van der Waals surface area contributed by atoms with Crippen LogP contribution in [0.5, 0.6) is 5.75 Å². The van der Waals surface area contributed by atoms with Gasteiger partial charge < -0.3 is 10.1 Å². The van der Waals surface area contributed by atoms with Crippen LogP contribution in [0.1, 0.15) is 24.8 Å². The molecule has 2 rings (SSSR count). The summed E-state index contributed by atoms with van der Waals surface area (Å²) in [5.74, 6) is 0.813. The molecular weight excluding hydrogens is 345 g/mol. The number of halogens is 2. The number of aryl methyl sites for hydroxylation is 1. The maximum absolute atomic E-state index is 11.8. The average Bonchev–Trinajstić information content (AvgIpc) is 2.58. The average molecular weight is 366 g/mol. The molecule has 1 N–H and O–H groups in total. The second kappa shape index (κ2) is 10.2. The summed E-state index contributed by atoms with van der Waals surface area (Å²) in [7, 11) is 0. The molecule has 0 saturated heterocycles. The van der Waals surface area contributed by atoms with E-state index in [-0.39, 0.29) is 5.91 Å². The molecule has 0 radical (unpaired) electrons. The van der Waals surface area contributed by atoms with Crippen LogP contribution in [-0.2, 0) is 11.2 Å². The van der Waals surface area contributed by atoms with Crippen LogP contribution in [0.3, 0.4) is 0 Å². The van der Waals surface area contributed by atoms with Crippen molar-refractivity contribution in [3.63, 3.8) is 0 Å². The lowest BCUT2D eigenvalue weighted by molar-refractivity contribution is -0.121. The van der Waals surface area contributed by atoms with Gasteiger partial charge in [-0.25, -0.2) is 0 Å². The highest BCUT2D eigenvalue weighted by atomic mass is 35.5. The van der Waals surface area contributed by atoms with Gasteiger partial charge in [0.1, 0.15) is 5.75 Å². The molecule has 24 heavy (non-hydrogen) atoms. The van der Waals surface area contributed by atoms with Crippen LogP contribution in [0.15, 0.2) is 48.5 Å². The first-order valence-corrected chi connectivity index (χ1v) is 8.79. The van der Waals surface area contributed by atoms with E-state index >= 15 is 0 Å². The molecule has 128 valence electrons. The Bertz CT molecular complexity index is 644. The van der Waals surface area contributed by atoms with Gasteiger partial charge in [0.2, 0.25) is 5.91 Å². The summed E-state index contributed by atoms with van der Waals surface area (Å²) in [5.41, 5.74) is 1.12. The summed E-state index contributed by atoms with van der Waals surface area (Å²) >= 11 is 11.9. The van der Waals surface area contributed by atoms with Crippen molar-refractivity contribution >= 4 is 29.1 Å². The molecule has 0 atom stereocenters. The Balaban J connectivity index is 1.53. The minimum absolute atomic E-state index is 0.0499. The molecule has 1 amide bonds. The third kappa shape index (κ3) is 6.81. The number of hydrogen-bond donors (Lipinski definition) is 1. The molecule has 0 unspecified atom stereocenters. The third-order valence-corrected chi connectivity index (χ3v) is 4.15. The summed E-state index contributed by atoms with van der Waals surface area (Å²) in [6.07, 6.45) is 2.87. The second-order valence-corrected chi connectivity index (χ2v) is 6.29. The lowest BCUT2D eigenvalue weighted by atomic mass is 10.1. The molecule has 0 heterocycles.